The fraction of sp³-hybridized carbons (Fsp3) is 0.615. The van der Waals surface area contributed by atoms with Gasteiger partial charge < -0.3 is 5.73 Å². The van der Waals surface area contributed by atoms with Gasteiger partial charge in [0.25, 0.3) is 0 Å². The lowest BCUT2D eigenvalue weighted by Crippen LogP contribution is -2.40. The molecule has 1 fully saturated rings. The molecule has 0 unspecified atom stereocenters. The summed E-state index contributed by atoms with van der Waals surface area (Å²) in [5, 5.41) is 0. The van der Waals surface area contributed by atoms with E-state index in [9.17, 15) is 8.42 Å². The maximum Gasteiger partial charge on any atom is 0.208 e. The predicted octanol–water partition coefficient (Wildman–Crippen LogP) is 0.425. The number of sulfonamides is 1. The summed E-state index contributed by atoms with van der Waals surface area (Å²) in [7, 11) is -3.11. The number of nitrogens with one attached hydrogen (secondary N) is 1. The number of nitrogens with two attached hydrogens (primary N) is 1. The predicted molar refractivity (Wildman–Crippen MR) is 79.5 cm³/mol. The molecule has 0 radical (unpaired) electrons. The van der Waals surface area contributed by atoms with E-state index in [0.29, 0.717) is 18.3 Å². The van der Waals surface area contributed by atoms with Crippen molar-refractivity contribution in [3.05, 3.63) is 23.9 Å². The Morgan fingerprint density at radius 1 is 1.55 bits per heavy atom. The molecule has 7 heteroatoms. The summed E-state index contributed by atoms with van der Waals surface area (Å²) >= 11 is 0. The van der Waals surface area contributed by atoms with Crippen LogP contribution in [0.2, 0.25) is 0 Å². The maximum absolute atomic E-state index is 11.1. The molecule has 1 aromatic rings. The molecule has 0 aliphatic carbocycles. The van der Waals surface area contributed by atoms with Crippen LogP contribution < -0.4 is 10.5 Å². The molecule has 0 bridgehead atoms. The fourth-order valence-corrected chi connectivity index (χ4v) is 3.09. The largest absolute Gasteiger partial charge is 0.383 e. The lowest BCUT2D eigenvalue weighted by molar-refractivity contribution is 0.169. The zero-order valence-corrected chi connectivity index (χ0v) is 12.6. The van der Waals surface area contributed by atoms with Gasteiger partial charge in [-0.3, -0.25) is 4.90 Å². The number of aromatic nitrogens is 1. The highest BCUT2D eigenvalue weighted by Crippen LogP contribution is 2.19. The Morgan fingerprint density at radius 3 is 3.05 bits per heavy atom. The summed E-state index contributed by atoms with van der Waals surface area (Å²) in [6.45, 7) is 3.19. The number of pyridine rings is 1. The summed E-state index contributed by atoms with van der Waals surface area (Å²) in [5.74, 6) is 0.931. The van der Waals surface area contributed by atoms with E-state index in [4.69, 9.17) is 5.73 Å². The highest BCUT2D eigenvalue weighted by Gasteiger charge is 2.21. The summed E-state index contributed by atoms with van der Waals surface area (Å²) in [5.41, 5.74) is 6.89. The summed E-state index contributed by atoms with van der Waals surface area (Å²) < 4.78 is 24.9. The van der Waals surface area contributed by atoms with Crippen molar-refractivity contribution >= 4 is 15.8 Å². The zero-order valence-electron chi connectivity index (χ0n) is 11.7. The Labute approximate surface area is 120 Å². The van der Waals surface area contributed by atoms with Gasteiger partial charge in [0, 0.05) is 31.4 Å². The Bertz CT molecular complexity index is 547. The molecule has 20 heavy (non-hydrogen) atoms. The van der Waals surface area contributed by atoms with Crippen LogP contribution in [0.3, 0.4) is 0 Å². The monoisotopic (exact) mass is 298 g/mol. The number of nitrogens with zero attached hydrogens (tertiary/aromatic N) is 2. The Balaban J connectivity index is 1.89. The van der Waals surface area contributed by atoms with Crippen LogP contribution in [0.4, 0.5) is 5.82 Å². The first kappa shape index (κ1) is 15.2. The smallest absolute Gasteiger partial charge is 0.208 e. The average Bonchev–Trinajstić information content (AvgIpc) is 2.39. The van der Waals surface area contributed by atoms with Gasteiger partial charge >= 0.3 is 0 Å². The minimum atomic E-state index is -3.11. The molecule has 1 saturated heterocycles. The molecule has 2 rings (SSSR count). The third kappa shape index (κ3) is 4.73. The molecule has 1 aliphatic heterocycles. The van der Waals surface area contributed by atoms with Gasteiger partial charge in [0.2, 0.25) is 10.0 Å². The van der Waals surface area contributed by atoms with Gasteiger partial charge in [0.05, 0.1) is 6.26 Å². The van der Waals surface area contributed by atoms with Crippen LogP contribution >= 0.6 is 0 Å². The number of likely N-dealkylation sites (tertiary alicyclic amines) is 1. The zero-order chi connectivity index (χ0) is 14.6. The topological polar surface area (TPSA) is 88.3 Å². The Kier molecular flexibility index (Phi) is 4.95. The summed E-state index contributed by atoms with van der Waals surface area (Å²) in [6.07, 6.45) is 5.02. The minimum absolute atomic E-state index is 0.358. The van der Waals surface area contributed by atoms with Crippen LogP contribution in [-0.2, 0) is 16.6 Å². The normalized spacial score (nSPS) is 20.9. The second-order valence-corrected chi connectivity index (χ2v) is 7.24. The van der Waals surface area contributed by atoms with E-state index < -0.39 is 10.0 Å². The minimum Gasteiger partial charge on any atom is -0.383 e. The molecule has 0 saturated carbocycles. The van der Waals surface area contributed by atoms with Gasteiger partial charge in [0.1, 0.15) is 5.82 Å². The third-order valence-corrected chi connectivity index (χ3v) is 4.25. The van der Waals surface area contributed by atoms with E-state index in [1.54, 1.807) is 6.20 Å². The number of rotatable bonds is 5. The van der Waals surface area contributed by atoms with Crippen molar-refractivity contribution in [3.63, 3.8) is 0 Å². The third-order valence-electron chi connectivity index (χ3n) is 3.56. The molecular weight excluding hydrogens is 276 g/mol. The van der Waals surface area contributed by atoms with Gasteiger partial charge in [-0.2, -0.15) is 0 Å². The van der Waals surface area contributed by atoms with Gasteiger partial charge in [-0.15, -0.1) is 0 Å². The van der Waals surface area contributed by atoms with Crippen molar-refractivity contribution in [1.82, 2.24) is 14.6 Å². The molecular formula is C13H22N4O2S. The maximum atomic E-state index is 11.1. The second kappa shape index (κ2) is 6.51. The molecule has 0 aromatic carbocycles. The average molecular weight is 298 g/mol. The summed E-state index contributed by atoms with van der Waals surface area (Å²) in [6, 6.07) is 3.87. The highest BCUT2D eigenvalue weighted by atomic mass is 32.2. The molecule has 1 aromatic heterocycles. The molecule has 0 spiro atoms. The molecule has 1 aliphatic rings. The van der Waals surface area contributed by atoms with Crippen molar-refractivity contribution in [2.45, 2.75) is 19.4 Å². The van der Waals surface area contributed by atoms with Crippen LogP contribution in [0, 0.1) is 5.92 Å². The van der Waals surface area contributed by atoms with Crippen LogP contribution in [0.1, 0.15) is 18.4 Å². The standard InChI is InChI=1S/C13H22N4O2S/c1-20(18,19)16-8-11-4-3-7-17(9-11)10-12-5-2-6-15-13(12)14/h2,5-6,11,16H,3-4,7-10H2,1H3,(H2,14,15)/t11-/m1/s1. The molecule has 0 amide bonds. The van der Waals surface area contributed by atoms with E-state index in [2.05, 4.69) is 14.6 Å². The fourth-order valence-electron chi connectivity index (χ4n) is 2.56. The molecule has 6 nitrogen and oxygen atoms in total. The van der Waals surface area contributed by atoms with Gasteiger partial charge in [-0.25, -0.2) is 18.1 Å². The number of hydrogen-bond acceptors (Lipinski definition) is 5. The van der Waals surface area contributed by atoms with Crippen molar-refractivity contribution in [2.75, 3.05) is 31.6 Å². The lowest BCUT2D eigenvalue weighted by Gasteiger charge is -2.32. The molecule has 2 heterocycles. The SMILES string of the molecule is CS(=O)(=O)NC[C@H]1CCCN(Cc2cccnc2N)C1. The highest BCUT2D eigenvalue weighted by molar-refractivity contribution is 7.88. The molecule has 112 valence electrons. The van der Waals surface area contributed by atoms with Crippen molar-refractivity contribution in [2.24, 2.45) is 5.92 Å². The van der Waals surface area contributed by atoms with E-state index in [-0.39, 0.29) is 0 Å². The van der Waals surface area contributed by atoms with Gasteiger partial charge in [-0.1, -0.05) is 6.07 Å². The van der Waals surface area contributed by atoms with Crippen LogP contribution in [0.5, 0.6) is 0 Å². The van der Waals surface area contributed by atoms with Crippen molar-refractivity contribution < 1.29 is 8.42 Å². The van der Waals surface area contributed by atoms with Crippen molar-refractivity contribution in [3.8, 4) is 0 Å². The van der Waals surface area contributed by atoms with E-state index in [1.165, 1.54) is 6.26 Å². The van der Waals surface area contributed by atoms with E-state index in [1.807, 2.05) is 12.1 Å². The molecule has 3 N–H and O–H groups in total. The second-order valence-electron chi connectivity index (χ2n) is 5.41. The van der Waals surface area contributed by atoms with Gasteiger partial charge in [-0.05, 0) is 31.4 Å². The van der Waals surface area contributed by atoms with E-state index in [0.717, 1.165) is 38.0 Å². The Morgan fingerprint density at radius 2 is 2.35 bits per heavy atom. The quantitative estimate of drug-likeness (QED) is 0.823. The molecule has 1 atom stereocenters. The first-order chi connectivity index (χ1) is 9.44. The lowest BCUT2D eigenvalue weighted by atomic mass is 9.98. The number of hydrogen-bond donors (Lipinski definition) is 2. The van der Waals surface area contributed by atoms with Crippen molar-refractivity contribution in [1.29, 1.82) is 0 Å². The van der Waals surface area contributed by atoms with E-state index >= 15 is 0 Å². The Hall–Kier alpha value is -1.18. The van der Waals surface area contributed by atoms with Crippen LogP contribution in [-0.4, -0.2) is 44.2 Å². The summed E-state index contributed by atoms with van der Waals surface area (Å²) in [4.78, 5) is 6.40. The first-order valence-corrected chi connectivity index (χ1v) is 8.69. The number of piperidine rings is 1. The number of nitrogen functional groups attached to an aromatic ring is 1. The van der Waals surface area contributed by atoms with Gasteiger partial charge in [0.15, 0.2) is 0 Å². The van der Waals surface area contributed by atoms with Crippen LogP contribution in [0.15, 0.2) is 18.3 Å². The first-order valence-electron chi connectivity index (χ1n) is 6.80. The van der Waals surface area contributed by atoms with Crippen LogP contribution in [0.25, 0.3) is 0 Å². The number of anilines is 1.